The molecule has 0 radical (unpaired) electrons. The van der Waals surface area contributed by atoms with Crippen molar-refractivity contribution in [2.75, 3.05) is 56.2 Å². The highest BCUT2D eigenvalue weighted by atomic mass is 19.1. The number of aromatic nitrogens is 3. The van der Waals surface area contributed by atoms with Gasteiger partial charge in [-0.25, -0.2) is 14.4 Å². The third-order valence-electron chi connectivity index (χ3n) is 8.67. The van der Waals surface area contributed by atoms with Crippen molar-refractivity contribution in [1.29, 1.82) is 5.26 Å². The van der Waals surface area contributed by atoms with Crippen molar-refractivity contribution in [2.45, 2.75) is 50.7 Å². The predicted molar refractivity (Wildman–Crippen MR) is 165 cm³/mol. The monoisotopic (exact) mass is 616 g/mol. The van der Waals surface area contributed by atoms with Gasteiger partial charge in [0.15, 0.2) is 12.0 Å². The summed E-state index contributed by atoms with van der Waals surface area (Å²) in [5, 5.41) is 22.7. The van der Waals surface area contributed by atoms with E-state index in [4.69, 9.17) is 9.47 Å². The van der Waals surface area contributed by atoms with E-state index in [0.29, 0.717) is 23.4 Å². The first kappa shape index (κ1) is 30.6. The van der Waals surface area contributed by atoms with Crippen LogP contribution in [0.5, 0.6) is 5.75 Å². The fourth-order valence-electron chi connectivity index (χ4n) is 5.95. The number of nitriles is 1. The van der Waals surface area contributed by atoms with Crippen molar-refractivity contribution < 1.29 is 23.8 Å². The molecule has 0 aliphatic carbocycles. The molecule has 1 amide bonds. The zero-order valence-corrected chi connectivity index (χ0v) is 25.3. The van der Waals surface area contributed by atoms with Crippen LogP contribution < -0.4 is 15.0 Å². The SMILES string of the molecule is C[C@@H](O)C(=O)N1C[C@H](F)C(Oc2ccc(-c3ncnc(Nc4ccc(N5CCN(C6COC6)CC5)cc4)n3)cc2C#N)C[C@@H]1C. The Balaban J connectivity index is 1.08. The zero-order chi connectivity index (χ0) is 31.5. The molecule has 3 aromatic rings. The van der Waals surface area contributed by atoms with Crippen LogP contribution in [-0.2, 0) is 9.53 Å². The molecule has 13 heteroatoms. The number of piperidine rings is 1. The number of aliphatic hydroxyl groups is 1. The summed E-state index contributed by atoms with van der Waals surface area (Å²) < 4.78 is 26.3. The van der Waals surface area contributed by atoms with Gasteiger partial charge in [0.25, 0.3) is 5.91 Å². The van der Waals surface area contributed by atoms with E-state index in [1.165, 1.54) is 23.8 Å². The number of likely N-dealkylation sites (tertiary alicyclic amines) is 1. The van der Waals surface area contributed by atoms with Gasteiger partial charge in [0.05, 0.1) is 31.4 Å². The number of halogens is 1. The number of ether oxygens (including phenoxy) is 2. The van der Waals surface area contributed by atoms with Crippen molar-refractivity contribution in [3.8, 4) is 23.2 Å². The van der Waals surface area contributed by atoms with E-state index in [9.17, 15) is 15.2 Å². The number of carbonyl (C=O) groups is 1. The number of amides is 1. The lowest BCUT2D eigenvalue weighted by Gasteiger charge is -2.43. The number of anilines is 3. The summed E-state index contributed by atoms with van der Waals surface area (Å²) in [7, 11) is 0. The third-order valence-corrected chi connectivity index (χ3v) is 8.67. The van der Waals surface area contributed by atoms with Gasteiger partial charge in [-0.2, -0.15) is 10.2 Å². The van der Waals surface area contributed by atoms with Crippen LogP contribution in [0.2, 0.25) is 0 Å². The number of nitrogens with one attached hydrogen (secondary N) is 1. The van der Waals surface area contributed by atoms with Crippen molar-refractivity contribution in [3.05, 3.63) is 54.4 Å². The molecule has 2 aromatic carbocycles. The van der Waals surface area contributed by atoms with Crippen molar-refractivity contribution >= 4 is 23.2 Å². The Kier molecular flexibility index (Phi) is 9.07. The molecule has 6 rings (SSSR count). The smallest absolute Gasteiger partial charge is 0.251 e. The van der Waals surface area contributed by atoms with Crippen LogP contribution in [0.15, 0.2) is 48.8 Å². The molecular weight excluding hydrogens is 579 g/mol. The van der Waals surface area contributed by atoms with Gasteiger partial charge in [-0.15, -0.1) is 0 Å². The number of piperazine rings is 1. The summed E-state index contributed by atoms with van der Waals surface area (Å²) >= 11 is 0. The third kappa shape index (κ3) is 6.83. The molecular formula is C32H37FN8O4. The lowest BCUT2D eigenvalue weighted by atomic mass is 9.98. The Morgan fingerprint density at radius 3 is 2.58 bits per heavy atom. The van der Waals surface area contributed by atoms with E-state index < -0.39 is 24.3 Å². The number of benzene rings is 2. The van der Waals surface area contributed by atoms with E-state index in [-0.39, 0.29) is 30.3 Å². The molecule has 1 unspecified atom stereocenters. The first-order chi connectivity index (χ1) is 21.8. The molecule has 0 spiro atoms. The van der Waals surface area contributed by atoms with Gasteiger partial charge in [0, 0.05) is 55.6 Å². The average molecular weight is 617 g/mol. The second-order valence-electron chi connectivity index (χ2n) is 11.8. The maximum atomic E-state index is 15.0. The van der Waals surface area contributed by atoms with E-state index in [1.54, 1.807) is 25.1 Å². The van der Waals surface area contributed by atoms with Crippen LogP contribution in [0, 0.1) is 11.3 Å². The molecule has 1 aromatic heterocycles. The Hall–Kier alpha value is -4.38. The number of nitrogens with zero attached hydrogens (tertiary/aromatic N) is 7. The molecule has 4 heterocycles. The highest BCUT2D eigenvalue weighted by molar-refractivity contribution is 5.80. The number of rotatable bonds is 8. The van der Waals surface area contributed by atoms with Crippen LogP contribution in [0.4, 0.5) is 21.7 Å². The zero-order valence-electron chi connectivity index (χ0n) is 25.3. The summed E-state index contributed by atoms with van der Waals surface area (Å²) in [6, 6.07) is 15.4. The topological polar surface area (TPSA) is 140 Å². The number of alkyl halides is 1. The van der Waals surface area contributed by atoms with Gasteiger partial charge in [0.2, 0.25) is 5.95 Å². The quantitative estimate of drug-likeness (QED) is 0.386. The van der Waals surface area contributed by atoms with Gasteiger partial charge in [-0.3, -0.25) is 9.69 Å². The van der Waals surface area contributed by atoms with Crippen molar-refractivity contribution in [2.24, 2.45) is 0 Å². The van der Waals surface area contributed by atoms with Crippen LogP contribution in [-0.4, -0.2) is 112 Å². The second kappa shape index (κ2) is 13.3. The number of aliphatic hydroxyl groups excluding tert-OH is 1. The van der Waals surface area contributed by atoms with Gasteiger partial charge < -0.3 is 29.7 Å². The summed E-state index contributed by atoms with van der Waals surface area (Å²) in [5.74, 6) is 0.445. The van der Waals surface area contributed by atoms with E-state index in [2.05, 4.69) is 48.3 Å². The largest absolute Gasteiger partial charge is 0.486 e. The number of carbonyl (C=O) groups excluding carboxylic acids is 1. The molecule has 3 aliphatic heterocycles. The standard InChI is InChI=1S/C32H37FN8O4/c1-20-13-29(27(33)16-41(20)31(43)21(2)42)45-28-8-3-22(14-23(28)15-34)30-35-19-36-32(38-30)37-24-4-6-25(7-5-24)39-9-11-40(12-10-39)26-17-44-18-26/h3-8,14,19-21,26-27,29,42H,9-13,16-18H2,1-2H3,(H,35,36,37,38)/t20-,21+,27-,29?/m0/s1. The molecule has 0 bridgehead atoms. The molecule has 3 fully saturated rings. The minimum absolute atomic E-state index is 0.188. The number of hydrogen-bond donors (Lipinski definition) is 2. The first-order valence-corrected chi connectivity index (χ1v) is 15.3. The molecule has 236 valence electrons. The molecule has 0 saturated carbocycles. The van der Waals surface area contributed by atoms with Crippen LogP contribution >= 0.6 is 0 Å². The van der Waals surface area contributed by atoms with Crippen LogP contribution in [0.3, 0.4) is 0 Å². The van der Waals surface area contributed by atoms with E-state index >= 15 is 4.39 Å². The van der Waals surface area contributed by atoms with E-state index in [0.717, 1.165) is 45.1 Å². The number of hydrogen-bond acceptors (Lipinski definition) is 11. The maximum Gasteiger partial charge on any atom is 0.251 e. The van der Waals surface area contributed by atoms with Crippen LogP contribution in [0.25, 0.3) is 11.4 Å². The lowest BCUT2D eigenvalue weighted by molar-refractivity contribution is -0.146. The van der Waals surface area contributed by atoms with E-state index in [1.807, 2.05) is 12.1 Å². The minimum Gasteiger partial charge on any atom is -0.486 e. The molecule has 45 heavy (non-hydrogen) atoms. The highest BCUT2D eigenvalue weighted by Crippen LogP contribution is 2.30. The summed E-state index contributed by atoms with van der Waals surface area (Å²) in [6.45, 7) is 8.67. The second-order valence-corrected chi connectivity index (χ2v) is 11.8. The maximum absolute atomic E-state index is 15.0. The fourth-order valence-corrected chi connectivity index (χ4v) is 5.95. The molecule has 3 saturated heterocycles. The van der Waals surface area contributed by atoms with Gasteiger partial charge in [-0.1, -0.05) is 0 Å². The van der Waals surface area contributed by atoms with Gasteiger partial charge >= 0.3 is 0 Å². The minimum atomic E-state index is -1.47. The molecule has 4 atom stereocenters. The molecule has 12 nitrogen and oxygen atoms in total. The van der Waals surface area contributed by atoms with Gasteiger partial charge in [-0.05, 0) is 56.3 Å². The van der Waals surface area contributed by atoms with Crippen LogP contribution in [0.1, 0.15) is 25.8 Å². The first-order valence-electron chi connectivity index (χ1n) is 15.3. The Morgan fingerprint density at radius 2 is 1.91 bits per heavy atom. The normalized spacial score (nSPS) is 23.1. The Bertz CT molecular complexity index is 1540. The van der Waals surface area contributed by atoms with Gasteiger partial charge in [0.1, 0.15) is 30.4 Å². The molecule has 2 N–H and O–H groups in total. The average Bonchev–Trinajstić information content (AvgIpc) is 3.02. The Labute approximate surface area is 261 Å². The summed E-state index contributed by atoms with van der Waals surface area (Å²) in [6.07, 6.45) is -1.89. The Morgan fingerprint density at radius 1 is 1.16 bits per heavy atom. The molecule has 3 aliphatic rings. The summed E-state index contributed by atoms with van der Waals surface area (Å²) in [5.41, 5.74) is 2.79. The lowest BCUT2D eigenvalue weighted by Crippen LogP contribution is -2.56. The summed E-state index contributed by atoms with van der Waals surface area (Å²) in [4.78, 5) is 31.5. The fraction of sp³-hybridized carbons (Fsp3) is 0.469. The predicted octanol–water partition coefficient (Wildman–Crippen LogP) is 2.76. The van der Waals surface area contributed by atoms with Crippen molar-refractivity contribution in [1.82, 2.24) is 24.8 Å². The van der Waals surface area contributed by atoms with Crippen molar-refractivity contribution in [3.63, 3.8) is 0 Å². The highest BCUT2D eigenvalue weighted by Gasteiger charge is 2.38.